The van der Waals surface area contributed by atoms with Crippen LogP contribution in [-0.2, 0) is 9.59 Å². The molecule has 1 aromatic rings. The van der Waals surface area contributed by atoms with Crippen molar-refractivity contribution in [3.63, 3.8) is 0 Å². The Morgan fingerprint density at radius 3 is 2.77 bits per heavy atom. The highest BCUT2D eigenvalue weighted by molar-refractivity contribution is 5.93. The minimum atomic E-state index is -0.906. The first-order valence-corrected chi connectivity index (χ1v) is 7.60. The van der Waals surface area contributed by atoms with E-state index in [1.807, 2.05) is 19.1 Å². The summed E-state index contributed by atoms with van der Waals surface area (Å²) in [4.78, 5) is 30.6. The van der Waals surface area contributed by atoms with Crippen LogP contribution in [0.1, 0.15) is 32.4 Å². The second kappa shape index (κ2) is 6.44. The van der Waals surface area contributed by atoms with Crippen molar-refractivity contribution in [2.75, 3.05) is 18.4 Å². The summed E-state index contributed by atoms with van der Waals surface area (Å²) in [7, 11) is 0. The van der Waals surface area contributed by atoms with Crippen LogP contribution in [0.25, 0.3) is 0 Å². The van der Waals surface area contributed by atoms with Crippen molar-refractivity contribution >= 4 is 17.6 Å². The predicted molar refractivity (Wildman–Crippen MR) is 85.2 cm³/mol. The molecule has 120 valence electrons. The maximum absolute atomic E-state index is 12.4. The molecule has 0 spiro atoms. The van der Waals surface area contributed by atoms with Gasteiger partial charge >= 0.3 is 0 Å². The molecule has 2 amide bonds. The van der Waals surface area contributed by atoms with Crippen molar-refractivity contribution in [1.82, 2.24) is 9.88 Å². The molecular formula is C16H24N4O2. The van der Waals surface area contributed by atoms with E-state index >= 15 is 0 Å². The molecule has 0 saturated carbocycles. The van der Waals surface area contributed by atoms with Crippen LogP contribution in [0.3, 0.4) is 0 Å². The predicted octanol–water partition coefficient (Wildman–Crippen LogP) is 1.30. The molecule has 1 saturated heterocycles. The Labute approximate surface area is 131 Å². The number of aryl methyl sites for hydroxylation is 1. The van der Waals surface area contributed by atoms with E-state index in [0.29, 0.717) is 18.9 Å². The third kappa shape index (κ3) is 4.04. The summed E-state index contributed by atoms with van der Waals surface area (Å²) < 4.78 is 0. The van der Waals surface area contributed by atoms with Crippen molar-refractivity contribution in [3.8, 4) is 0 Å². The fourth-order valence-electron chi connectivity index (χ4n) is 2.62. The number of nitrogens with zero attached hydrogens (tertiary/aromatic N) is 2. The zero-order valence-electron chi connectivity index (χ0n) is 13.4. The smallest absolute Gasteiger partial charge is 0.242 e. The number of carbonyl (C=O) groups is 2. The van der Waals surface area contributed by atoms with Crippen molar-refractivity contribution in [2.45, 2.75) is 39.2 Å². The lowest BCUT2D eigenvalue weighted by atomic mass is 9.95. The maximum Gasteiger partial charge on any atom is 0.242 e. The zero-order chi connectivity index (χ0) is 16.3. The van der Waals surface area contributed by atoms with Gasteiger partial charge in [0.15, 0.2) is 0 Å². The first kappa shape index (κ1) is 16.4. The molecule has 1 unspecified atom stereocenters. The first-order chi connectivity index (χ1) is 10.3. The van der Waals surface area contributed by atoms with E-state index in [-0.39, 0.29) is 17.7 Å². The summed E-state index contributed by atoms with van der Waals surface area (Å²) in [5, 5.41) is 2.83. The van der Waals surface area contributed by atoms with Crippen molar-refractivity contribution in [3.05, 3.63) is 23.9 Å². The molecule has 1 aliphatic rings. The molecule has 0 aliphatic carbocycles. The van der Waals surface area contributed by atoms with Crippen LogP contribution in [0.5, 0.6) is 0 Å². The second-order valence-electron chi connectivity index (χ2n) is 6.47. The lowest BCUT2D eigenvalue weighted by Gasteiger charge is -2.35. The molecule has 2 heterocycles. The van der Waals surface area contributed by atoms with Crippen LogP contribution in [0, 0.1) is 12.8 Å². The Morgan fingerprint density at radius 1 is 1.41 bits per heavy atom. The second-order valence-corrected chi connectivity index (χ2v) is 6.47. The summed E-state index contributed by atoms with van der Waals surface area (Å²) in [6.45, 7) is 6.33. The molecule has 22 heavy (non-hydrogen) atoms. The van der Waals surface area contributed by atoms with Crippen molar-refractivity contribution < 1.29 is 9.59 Å². The van der Waals surface area contributed by atoms with Gasteiger partial charge in [0.2, 0.25) is 11.8 Å². The Kier molecular flexibility index (Phi) is 4.81. The quantitative estimate of drug-likeness (QED) is 0.881. The lowest BCUT2D eigenvalue weighted by Crippen LogP contribution is -2.54. The molecule has 1 atom stereocenters. The van der Waals surface area contributed by atoms with Gasteiger partial charge < -0.3 is 16.0 Å². The highest BCUT2D eigenvalue weighted by atomic mass is 16.2. The van der Waals surface area contributed by atoms with Crippen LogP contribution in [-0.4, -0.2) is 40.3 Å². The standard InChI is InChI=1S/C16H24N4O2/c1-11-6-4-8-13(18-11)19-14(21)12-7-5-9-20(10-12)15(22)16(2,3)17/h4,6,8,12H,5,7,9-10,17H2,1-3H3,(H,18,19,21). The van der Waals surface area contributed by atoms with Gasteiger partial charge in [-0.05, 0) is 45.7 Å². The number of hydrogen-bond acceptors (Lipinski definition) is 4. The number of piperidine rings is 1. The Bertz CT molecular complexity index is 566. The molecule has 6 nitrogen and oxygen atoms in total. The Balaban J connectivity index is 2.00. The van der Waals surface area contributed by atoms with Crippen LogP contribution < -0.4 is 11.1 Å². The largest absolute Gasteiger partial charge is 0.340 e. The van der Waals surface area contributed by atoms with E-state index in [0.717, 1.165) is 18.5 Å². The Morgan fingerprint density at radius 2 is 2.14 bits per heavy atom. The van der Waals surface area contributed by atoms with E-state index < -0.39 is 5.54 Å². The number of hydrogen-bond donors (Lipinski definition) is 2. The van der Waals surface area contributed by atoms with Crippen LogP contribution in [0.15, 0.2) is 18.2 Å². The highest BCUT2D eigenvalue weighted by Crippen LogP contribution is 2.20. The van der Waals surface area contributed by atoms with Crippen LogP contribution >= 0.6 is 0 Å². The van der Waals surface area contributed by atoms with E-state index in [1.165, 1.54) is 0 Å². The first-order valence-electron chi connectivity index (χ1n) is 7.60. The third-order valence-corrected chi connectivity index (χ3v) is 3.77. The monoisotopic (exact) mass is 304 g/mol. The molecule has 1 aliphatic heterocycles. The molecule has 0 bridgehead atoms. The minimum Gasteiger partial charge on any atom is -0.340 e. The molecule has 6 heteroatoms. The fourth-order valence-corrected chi connectivity index (χ4v) is 2.62. The average Bonchev–Trinajstić information content (AvgIpc) is 2.45. The molecule has 3 N–H and O–H groups in total. The van der Waals surface area contributed by atoms with Crippen molar-refractivity contribution in [2.24, 2.45) is 11.7 Å². The molecule has 1 aromatic heterocycles. The van der Waals surface area contributed by atoms with E-state index in [1.54, 1.807) is 24.8 Å². The lowest BCUT2D eigenvalue weighted by molar-refractivity contribution is -0.138. The zero-order valence-corrected chi connectivity index (χ0v) is 13.4. The van der Waals surface area contributed by atoms with Gasteiger partial charge in [0.25, 0.3) is 0 Å². The summed E-state index contributed by atoms with van der Waals surface area (Å²) in [5.74, 6) is 0.124. The van der Waals surface area contributed by atoms with Gasteiger partial charge in [-0.2, -0.15) is 0 Å². The van der Waals surface area contributed by atoms with E-state index in [9.17, 15) is 9.59 Å². The van der Waals surface area contributed by atoms with Gasteiger partial charge in [0, 0.05) is 18.8 Å². The summed E-state index contributed by atoms with van der Waals surface area (Å²) in [5.41, 5.74) is 5.81. The van der Waals surface area contributed by atoms with Gasteiger partial charge in [-0.25, -0.2) is 4.98 Å². The number of amides is 2. The number of pyridine rings is 1. The molecular weight excluding hydrogens is 280 g/mol. The summed E-state index contributed by atoms with van der Waals surface area (Å²) in [6.07, 6.45) is 1.58. The normalized spacial score (nSPS) is 18.9. The number of likely N-dealkylation sites (tertiary alicyclic amines) is 1. The summed E-state index contributed by atoms with van der Waals surface area (Å²) >= 11 is 0. The highest BCUT2D eigenvalue weighted by Gasteiger charge is 2.33. The fraction of sp³-hybridized carbons (Fsp3) is 0.562. The van der Waals surface area contributed by atoms with Gasteiger partial charge in [-0.3, -0.25) is 9.59 Å². The third-order valence-electron chi connectivity index (χ3n) is 3.77. The number of rotatable bonds is 3. The summed E-state index contributed by atoms with van der Waals surface area (Å²) in [6, 6.07) is 5.49. The van der Waals surface area contributed by atoms with Gasteiger partial charge in [0.1, 0.15) is 5.82 Å². The number of carbonyl (C=O) groups excluding carboxylic acids is 2. The van der Waals surface area contributed by atoms with Crippen LogP contribution in [0.2, 0.25) is 0 Å². The number of nitrogens with two attached hydrogens (primary N) is 1. The van der Waals surface area contributed by atoms with Gasteiger partial charge in [-0.1, -0.05) is 6.07 Å². The molecule has 2 rings (SSSR count). The number of nitrogens with one attached hydrogen (secondary N) is 1. The van der Waals surface area contributed by atoms with E-state index in [2.05, 4.69) is 10.3 Å². The molecule has 0 aromatic carbocycles. The van der Waals surface area contributed by atoms with E-state index in [4.69, 9.17) is 5.73 Å². The number of anilines is 1. The van der Waals surface area contributed by atoms with Crippen LogP contribution in [0.4, 0.5) is 5.82 Å². The average molecular weight is 304 g/mol. The molecule has 1 fully saturated rings. The minimum absolute atomic E-state index is 0.0922. The SMILES string of the molecule is Cc1cccc(NC(=O)C2CCCN(C(=O)C(C)(C)N)C2)n1. The Hall–Kier alpha value is -1.95. The maximum atomic E-state index is 12.4. The topological polar surface area (TPSA) is 88.3 Å². The van der Waals surface area contributed by atoms with Crippen molar-refractivity contribution in [1.29, 1.82) is 0 Å². The van der Waals surface area contributed by atoms with Gasteiger partial charge in [-0.15, -0.1) is 0 Å². The van der Waals surface area contributed by atoms with Gasteiger partial charge in [0.05, 0.1) is 11.5 Å². The number of aromatic nitrogens is 1. The molecule has 0 radical (unpaired) electrons.